The summed E-state index contributed by atoms with van der Waals surface area (Å²) in [5, 5.41) is 3.83. The van der Waals surface area contributed by atoms with Gasteiger partial charge >= 0.3 is 0 Å². The molecule has 3 heteroatoms. The van der Waals surface area contributed by atoms with Crippen molar-refractivity contribution in [3.05, 3.63) is 28.8 Å². The van der Waals surface area contributed by atoms with E-state index in [0.29, 0.717) is 5.02 Å². The fourth-order valence-corrected chi connectivity index (χ4v) is 1.91. The van der Waals surface area contributed by atoms with Crippen molar-refractivity contribution in [2.24, 2.45) is 0 Å². The lowest BCUT2D eigenvalue weighted by atomic mass is 10.2. The summed E-state index contributed by atoms with van der Waals surface area (Å²) in [6.07, 6.45) is 2.33. The highest BCUT2D eigenvalue weighted by molar-refractivity contribution is 6.32. The van der Waals surface area contributed by atoms with E-state index in [9.17, 15) is 0 Å². The molecule has 0 amide bonds. The van der Waals surface area contributed by atoms with Gasteiger partial charge in [0.15, 0.2) is 0 Å². The number of hydrogen-bond donors (Lipinski definition) is 1. The van der Waals surface area contributed by atoms with E-state index in [1.54, 1.807) is 0 Å². The zero-order valence-corrected chi connectivity index (χ0v) is 11.0. The topological polar surface area (TPSA) is 21.3 Å². The summed E-state index contributed by atoms with van der Waals surface area (Å²) in [5.41, 5.74) is 1.15. The quantitative estimate of drug-likeness (QED) is 0.824. The molecule has 1 aromatic rings. The largest absolute Gasteiger partial charge is 0.488 e. The summed E-state index contributed by atoms with van der Waals surface area (Å²) in [5.74, 6) is 0.779. The third-order valence-electron chi connectivity index (χ3n) is 2.42. The minimum absolute atomic E-state index is 0.190. The summed E-state index contributed by atoms with van der Waals surface area (Å²) in [4.78, 5) is 0. The molecule has 0 aliphatic heterocycles. The molecule has 0 aliphatic rings. The van der Waals surface area contributed by atoms with Crippen molar-refractivity contribution in [3.8, 4) is 5.75 Å². The molecule has 0 saturated carbocycles. The lowest BCUT2D eigenvalue weighted by Gasteiger charge is -2.19. The van der Waals surface area contributed by atoms with E-state index < -0.39 is 0 Å². The minimum atomic E-state index is 0.190. The molecule has 0 spiro atoms. The molecule has 1 atom stereocenters. The highest BCUT2D eigenvalue weighted by Crippen LogP contribution is 2.26. The Labute approximate surface area is 103 Å². The Hall–Kier alpha value is -0.730. The molecule has 0 radical (unpaired) electrons. The monoisotopic (exact) mass is 241 g/mol. The van der Waals surface area contributed by atoms with Gasteiger partial charge in [-0.15, -0.1) is 0 Å². The van der Waals surface area contributed by atoms with Crippen molar-refractivity contribution in [1.29, 1.82) is 0 Å². The van der Waals surface area contributed by atoms with E-state index in [1.807, 2.05) is 32.2 Å². The maximum absolute atomic E-state index is 6.13. The average Bonchev–Trinajstić information content (AvgIpc) is 2.23. The fraction of sp³-hybridized carbons (Fsp3) is 0.538. The van der Waals surface area contributed by atoms with Gasteiger partial charge in [-0.1, -0.05) is 31.0 Å². The highest BCUT2D eigenvalue weighted by atomic mass is 35.5. The van der Waals surface area contributed by atoms with Crippen molar-refractivity contribution in [1.82, 2.24) is 5.32 Å². The SMILES string of the molecule is CCCC(CNC)Oc1ccc(C)cc1Cl. The molecule has 0 fully saturated rings. The third-order valence-corrected chi connectivity index (χ3v) is 2.72. The number of rotatable bonds is 6. The lowest BCUT2D eigenvalue weighted by Crippen LogP contribution is -2.29. The van der Waals surface area contributed by atoms with Crippen LogP contribution in [0, 0.1) is 6.92 Å². The van der Waals surface area contributed by atoms with Gasteiger partial charge in [0.1, 0.15) is 11.9 Å². The van der Waals surface area contributed by atoms with Gasteiger partial charge < -0.3 is 10.1 Å². The standard InChI is InChI=1S/C13H20ClNO/c1-4-5-11(9-15-3)16-13-7-6-10(2)8-12(13)14/h6-8,11,15H,4-5,9H2,1-3H3. The van der Waals surface area contributed by atoms with Crippen molar-refractivity contribution in [2.45, 2.75) is 32.8 Å². The van der Waals surface area contributed by atoms with Crippen LogP contribution in [0.3, 0.4) is 0 Å². The van der Waals surface area contributed by atoms with Crippen LogP contribution in [0.5, 0.6) is 5.75 Å². The van der Waals surface area contributed by atoms with Crippen LogP contribution in [0.4, 0.5) is 0 Å². The van der Waals surface area contributed by atoms with E-state index in [1.165, 1.54) is 0 Å². The molecule has 90 valence electrons. The van der Waals surface area contributed by atoms with Crippen LogP contribution >= 0.6 is 11.6 Å². The van der Waals surface area contributed by atoms with Crippen molar-refractivity contribution in [3.63, 3.8) is 0 Å². The highest BCUT2D eigenvalue weighted by Gasteiger charge is 2.10. The molecule has 1 rings (SSSR count). The van der Waals surface area contributed by atoms with Crippen molar-refractivity contribution in [2.75, 3.05) is 13.6 Å². The predicted octanol–water partition coefficient (Wildman–Crippen LogP) is 3.42. The second-order valence-electron chi connectivity index (χ2n) is 4.02. The first-order valence-electron chi connectivity index (χ1n) is 5.74. The minimum Gasteiger partial charge on any atom is -0.488 e. The smallest absolute Gasteiger partial charge is 0.138 e. The number of aryl methyl sites for hydroxylation is 1. The first kappa shape index (κ1) is 13.3. The molecule has 1 aromatic carbocycles. The van der Waals surface area contributed by atoms with E-state index in [2.05, 4.69) is 12.2 Å². The van der Waals surface area contributed by atoms with E-state index in [-0.39, 0.29) is 6.10 Å². The molecule has 0 bridgehead atoms. The van der Waals surface area contributed by atoms with Crippen LogP contribution in [0.25, 0.3) is 0 Å². The number of hydrogen-bond acceptors (Lipinski definition) is 2. The summed E-state index contributed by atoms with van der Waals surface area (Å²) >= 11 is 6.13. The molecular formula is C13H20ClNO. The third kappa shape index (κ3) is 4.03. The molecule has 0 saturated heterocycles. The number of halogens is 1. The van der Waals surface area contributed by atoms with Gasteiger partial charge in [-0.25, -0.2) is 0 Å². The Morgan fingerprint density at radius 1 is 1.44 bits per heavy atom. The molecule has 1 unspecified atom stereocenters. The molecule has 0 aliphatic carbocycles. The van der Waals surface area contributed by atoms with Gasteiger partial charge in [-0.3, -0.25) is 0 Å². The van der Waals surface area contributed by atoms with Crippen LogP contribution in [0.2, 0.25) is 5.02 Å². The first-order valence-corrected chi connectivity index (χ1v) is 6.12. The molecule has 16 heavy (non-hydrogen) atoms. The molecule has 2 nitrogen and oxygen atoms in total. The first-order chi connectivity index (χ1) is 7.67. The Kier molecular flexibility index (Phi) is 5.64. The Bertz CT molecular complexity index is 322. The van der Waals surface area contributed by atoms with Crippen LogP contribution in [-0.4, -0.2) is 19.7 Å². The van der Waals surface area contributed by atoms with Gasteiger partial charge in [0.2, 0.25) is 0 Å². The Balaban J connectivity index is 2.68. The average molecular weight is 242 g/mol. The van der Waals surface area contributed by atoms with E-state index >= 15 is 0 Å². The van der Waals surface area contributed by atoms with E-state index in [4.69, 9.17) is 16.3 Å². The van der Waals surface area contributed by atoms with Gasteiger partial charge in [0.25, 0.3) is 0 Å². The van der Waals surface area contributed by atoms with Gasteiger partial charge in [-0.2, -0.15) is 0 Å². The second kappa shape index (κ2) is 6.77. The van der Waals surface area contributed by atoms with Crippen LogP contribution in [-0.2, 0) is 0 Å². The summed E-state index contributed by atoms with van der Waals surface area (Å²) in [6.45, 7) is 5.02. The normalized spacial score (nSPS) is 12.5. The van der Waals surface area contributed by atoms with E-state index in [0.717, 1.165) is 30.7 Å². The molecule has 0 aromatic heterocycles. The number of benzene rings is 1. The Morgan fingerprint density at radius 2 is 2.19 bits per heavy atom. The van der Waals surface area contributed by atoms with Gasteiger partial charge in [-0.05, 0) is 38.1 Å². The predicted molar refractivity (Wildman–Crippen MR) is 69.4 cm³/mol. The van der Waals surface area contributed by atoms with Crippen LogP contribution in [0.15, 0.2) is 18.2 Å². The molecular weight excluding hydrogens is 222 g/mol. The van der Waals surface area contributed by atoms with Crippen molar-refractivity contribution < 1.29 is 4.74 Å². The Morgan fingerprint density at radius 3 is 2.75 bits per heavy atom. The van der Waals surface area contributed by atoms with Crippen molar-refractivity contribution >= 4 is 11.6 Å². The summed E-state index contributed by atoms with van der Waals surface area (Å²) in [6, 6.07) is 5.89. The maximum atomic E-state index is 6.13. The number of nitrogens with one attached hydrogen (secondary N) is 1. The van der Waals surface area contributed by atoms with Gasteiger partial charge in [0, 0.05) is 6.54 Å². The lowest BCUT2D eigenvalue weighted by molar-refractivity contribution is 0.189. The van der Waals surface area contributed by atoms with Crippen LogP contribution < -0.4 is 10.1 Å². The second-order valence-corrected chi connectivity index (χ2v) is 4.43. The number of likely N-dealkylation sites (N-methyl/N-ethyl adjacent to an activating group) is 1. The summed E-state index contributed by atoms with van der Waals surface area (Å²) in [7, 11) is 1.93. The maximum Gasteiger partial charge on any atom is 0.138 e. The summed E-state index contributed by atoms with van der Waals surface area (Å²) < 4.78 is 5.89. The number of ether oxygens (including phenoxy) is 1. The van der Waals surface area contributed by atoms with Gasteiger partial charge in [0.05, 0.1) is 5.02 Å². The molecule has 0 heterocycles. The van der Waals surface area contributed by atoms with Crippen LogP contribution in [0.1, 0.15) is 25.3 Å². The fourth-order valence-electron chi connectivity index (χ4n) is 1.63. The zero-order valence-electron chi connectivity index (χ0n) is 10.2. The zero-order chi connectivity index (χ0) is 12.0. The molecule has 1 N–H and O–H groups in total.